The fraction of sp³-hybridized carbons (Fsp3) is 0.345. The Morgan fingerprint density at radius 1 is 0.886 bits per heavy atom. The molecule has 2 amide bonds. The lowest BCUT2D eigenvalue weighted by atomic mass is 10.1. The molecular formula is C29H34N4O2. The molecule has 1 saturated heterocycles. The molecule has 3 aromatic rings. The van der Waals surface area contributed by atoms with Gasteiger partial charge in [-0.1, -0.05) is 54.6 Å². The normalized spacial score (nSPS) is 13.5. The summed E-state index contributed by atoms with van der Waals surface area (Å²) in [4.78, 5) is 33.8. The number of piperazine rings is 1. The molecule has 1 aromatic heterocycles. The molecule has 0 bridgehead atoms. The second-order valence-electron chi connectivity index (χ2n) is 9.07. The number of benzene rings is 2. The number of unbranched alkanes of at least 4 members (excludes halogenated alkanes) is 1. The van der Waals surface area contributed by atoms with E-state index < -0.39 is 0 Å². The van der Waals surface area contributed by atoms with Gasteiger partial charge in [-0.3, -0.25) is 9.59 Å². The van der Waals surface area contributed by atoms with Crippen LogP contribution in [-0.4, -0.2) is 54.4 Å². The van der Waals surface area contributed by atoms with Crippen molar-refractivity contribution < 1.29 is 9.59 Å². The molecule has 0 saturated carbocycles. The molecule has 6 nitrogen and oxygen atoms in total. The summed E-state index contributed by atoms with van der Waals surface area (Å²) in [5.74, 6) is 0.925. The maximum absolute atomic E-state index is 12.7. The lowest BCUT2D eigenvalue weighted by Gasteiger charge is -2.35. The summed E-state index contributed by atoms with van der Waals surface area (Å²) in [6.45, 7) is 5.53. The van der Waals surface area contributed by atoms with E-state index in [-0.39, 0.29) is 11.8 Å². The van der Waals surface area contributed by atoms with Crippen LogP contribution in [0.15, 0.2) is 72.9 Å². The van der Waals surface area contributed by atoms with Crippen LogP contribution in [0, 0.1) is 6.92 Å². The first-order chi connectivity index (χ1) is 17.1. The van der Waals surface area contributed by atoms with Gasteiger partial charge in [0.2, 0.25) is 5.91 Å². The van der Waals surface area contributed by atoms with Crippen molar-refractivity contribution in [2.75, 3.05) is 37.6 Å². The first kappa shape index (κ1) is 24.5. The zero-order valence-electron chi connectivity index (χ0n) is 20.5. The monoisotopic (exact) mass is 470 g/mol. The van der Waals surface area contributed by atoms with E-state index in [1.165, 1.54) is 5.56 Å². The molecule has 2 aromatic carbocycles. The van der Waals surface area contributed by atoms with E-state index in [0.29, 0.717) is 31.6 Å². The fourth-order valence-electron chi connectivity index (χ4n) is 4.38. The van der Waals surface area contributed by atoms with Gasteiger partial charge in [-0.2, -0.15) is 0 Å². The van der Waals surface area contributed by atoms with E-state index in [9.17, 15) is 9.59 Å². The van der Waals surface area contributed by atoms with Gasteiger partial charge in [0.25, 0.3) is 5.91 Å². The van der Waals surface area contributed by atoms with Crippen LogP contribution < -0.4 is 10.2 Å². The second kappa shape index (κ2) is 12.2. The minimum Gasteiger partial charge on any atom is -0.353 e. The number of carbonyl (C=O) groups excluding carboxylic acids is 2. The van der Waals surface area contributed by atoms with E-state index in [1.807, 2.05) is 54.3 Å². The Morgan fingerprint density at radius 3 is 2.34 bits per heavy atom. The van der Waals surface area contributed by atoms with Gasteiger partial charge in [0, 0.05) is 38.9 Å². The summed E-state index contributed by atoms with van der Waals surface area (Å²) in [7, 11) is 0. The Morgan fingerprint density at radius 2 is 1.63 bits per heavy atom. The zero-order valence-corrected chi connectivity index (χ0v) is 20.5. The largest absolute Gasteiger partial charge is 0.353 e. The number of rotatable bonds is 9. The minimum atomic E-state index is -0.0876. The third-order valence-corrected chi connectivity index (χ3v) is 6.59. The van der Waals surface area contributed by atoms with E-state index >= 15 is 0 Å². The highest BCUT2D eigenvalue weighted by Crippen LogP contribution is 2.16. The summed E-state index contributed by atoms with van der Waals surface area (Å²) in [6.07, 6.45) is 5.10. The average molecular weight is 471 g/mol. The van der Waals surface area contributed by atoms with Gasteiger partial charge in [-0.25, -0.2) is 4.98 Å². The molecule has 0 radical (unpaired) electrons. The number of anilines is 1. The van der Waals surface area contributed by atoms with Crippen molar-refractivity contribution in [2.24, 2.45) is 0 Å². The van der Waals surface area contributed by atoms with Gasteiger partial charge in [0.1, 0.15) is 5.82 Å². The Kier molecular flexibility index (Phi) is 8.49. The number of carbonyl (C=O) groups is 2. The van der Waals surface area contributed by atoms with E-state index in [0.717, 1.165) is 49.3 Å². The Labute approximate surface area is 208 Å². The van der Waals surface area contributed by atoms with Crippen molar-refractivity contribution in [1.82, 2.24) is 15.2 Å². The number of nitrogens with one attached hydrogen (secondary N) is 1. The molecule has 4 rings (SSSR count). The van der Waals surface area contributed by atoms with Crippen LogP contribution in [0.3, 0.4) is 0 Å². The lowest BCUT2D eigenvalue weighted by Crippen LogP contribution is -2.49. The first-order valence-corrected chi connectivity index (χ1v) is 12.5. The molecule has 182 valence electrons. The number of hydrogen-bond donors (Lipinski definition) is 1. The van der Waals surface area contributed by atoms with Gasteiger partial charge in [0.15, 0.2) is 0 Å². The van der Waals surface area contributed by atoms with Gasteiger partial charge < -0.3 is 15.1 Å². The molecule has 1 fully saturated rings. The predicted octanol–water partition coefficient (Wildman–Crippen LogP) is 4.03. The number of aryl methyl sites for hydroxylation is 2. The Balaban J connectivity index is 1.18. The third-order valence-electron chi connectivity index (χ3n) is 6.59. The van der Waals surface area contributed by atoms with Crippen molar-refractivity contribution in [3.05, 3.63) is 95.2 Å². The molecule has 0 aliphatic carbocycles. The summed E-state index contributed by atoms with van der Waals surface area (Å²) in [5.41, 5.74) is 4.14. The van der Waals surface area contributed by atoms with E-state index in [1.54, 1.807) is 6.20 Å². The SMILES string of the molecule is Cc1ccccc1CC(=O)N1CCN(c2ccc(C(=O)NCCCCc3ccccc3)cn2)CC1. The lowest BCUT2D eigenvalue weighted by molar-refractivity contribution is -0.130. The van der Waals surface area contributed by atoms with Crippen molar-refractivity contribution >= 4 is 17.6 Å². The Hall–Kier alpha value is -3.67. The molecule has 2 heterocycles. The number of nitrogens with zero attached hydrogens (tertiary/aromatic N) is 3. The summed E-state index contributed by atoms with van der Waals surface area (Å²) >= 11 is 0. The highest BCUT2D eigenvalue weighted by atomic mass is 16.2. The number of amides is 2. The molecule has 1 aliphatic rings. The molecule has 6 heteroatoms. The van der Waals surface area contributed by atoms with Crippen LogP contribution in [0.4, 0.5) is 5.82 Å². The standard InChI is InChI=1S/C29H34N4O2/c1-23-9-5-6-13-25(23)21-28(34)33-19-17-32(18-20-33)27-15-14-26(22-31-27)29(35)30-16-8-7-12-24-10-3-2-4-11-24/h2-6,9-11,13-15,22H,7-8,12,16-21H2,1H3,(H,30,35). The average Bonchev–Trinajstić information content (AvgIpc) is 2.90. The second-order valence-corrected chi connectivity index (χ2v) is 9.07. The quantitative estimate of drug-likeness (QED) is 0.480. The molecule has 0 unspecified atom stereocenters. The highest BCUT2D eigenvalue weighted by molar-refractivity contribution is 5.94. The van der Waals surface area contributed by atoms with Crippen LogP contribution in [0.5, 0.6) is 0 Å². The fourth-order valence-corrected chi connectivity index (χ4v) is 4.38. The maximum Gasteiger partial charge on any atom is 0.252 e. The van der Waals surface area contributed by atoms with E-state index in [4.69, 9.17) is 0 Å². The van der Waals surface area contributed by atoms with Gasteiger partial charge in [-0.05, 0) is 55.0 Å². The maximum atomic E-state index is 12.7. The zero-order chi connectivity index (χ0) is 24.5. The summed E-state index contributed by atoms with van der Waals surface area (Å²) in [5, 5.41) is 2.99. The molecule has 1 N–H and O–H groups in total. The van der Waals surface area contributed by atoms with Crippen LogP contribution in [0.1, 0.15) is 39.9 Å². The van der Waals surface area contributed by atoms with E-state index in [2.05, 4.69) is 39.5 Å². The molecule has 1 aliphatic heterocycles. The van der Waals surface area contributed by atoms with Crippen molar-refractivity contribution in [3.8, 4) is 0 Å². The van der Waals surface area contributed by atoms with Crippen LogP contribution in [0.2, 0.25) is 0 Å². The molecule has 0 atom stereocenters. The molecule has 0 spiro atoms. The smallest absolute Gasteiger partial charge is 0.252 e. The number of aromatic nitrogens is 1. The van der Waals surface area contributed by atoms with Gasteiger partial charge in [-0.15, -0.1) is 0 Å². The minimum absolute atomic E-state index is 0.0876. The van der Waals surface area contributed by atoms with Gasteiger partial charge in [0.05, 0.1) is 12.0 Å². The third kappa shape index (κ3) is 6.92. The van der Waals surface area contributed by atoms with Crippen molar-refractivity contribution in [3.63, 3.8) is 0 Å². The summed E-state index contributed by atoms with van der Waals surface area (Å²) < 4.78 is 0. The van der Waals surface area contributed by atoms with Crippen LogP contribution in [-0.2, 0) is 17.6 Å². The first-order valence-electron chi connectivity index (χ1n) is 12.5. The van der Waals surface area contributed by atoms with Crippen LogP contribution >= 0.6 is 0 Å². The summed E-state index contributed by atoms with van der Waals surface area (Å²) in [6, 6.07) is 22.2. The van der Waals surface area contributed by atoms with Gasteiger partial charge >= 0.3 is 0 Å². The topological polar surface area (TPSA) is 65.5 Å². The highest BCUT2D eigenvalue weighted by Gasteiger charge is 2.22. The molecular weight excluding hydrogens is 436 g/mol. The Bertz CT molecular complexity index is 1110. The van der Waals surface area contributed by atoms with Crippen molar-refractivity contribution in [2.45, 2.75) is 32.6 Å². The molecule has 35 heavy (non-hydrogen) atoms. The van der Waals surface area contributed by atoms with Crippen LogP contribution in [0.25, 0.3) is 0 Å². The number of pyridine rings is 1. The van der Waals surface area contributed by atoms with Crippen molar-refractivity contribution in [1.29, 1.82) is 0 Å². The number of hydrogen-bond acceptors (Lipinski definition) is 4. The predicted molar refractivity (Wildman–Crippen MR) is 140 cm³/mol.